The summed E-state index contributed by atoms with van der Waals surface area (Å²) in [5, 5.41) is -0.522. The molecule has 1 aromatic heterocycles. The highest BCUT2D eigenvalue weighted by Gasteiger charge is 2.36. The van der Waals surface area contributed by atoms with Crippen molar-refractivity contribution in [3.05, 3.63) is 62.0 Å². The molecule has 1 aromatic carbocycles. The first-order valence-electron chi connectivity index (χ1n) is 7.12. The van der Waals surface area contributed by atoms with Crippen LogP contribution in [0.1, 0.15) is 32.2 Å². The van der Waals surface area contributed by atoms with E-state index in [0.717, 1.165) is 25.3 Å². The molecular formula is C17H10Cl3F3O4. The second-order valence-corrected chi connectivity index (χ2v) is 6.44. The number of alkyl halides is 3. The van der Waals surface area contributed by atoms with E-state index >= 15 is 0 Å². The molecule has 0 bridgehead atoms. The lowest BCUT2D eigenvalue weighted by Crippen LogP contribution is -2.13. The third-order valence-corrected chi connectivity index (χ3v) is 4.64. The fraction of sp³-hybridized carbons (Fsp3) is 0.176. The number of methoxy groups -OCH3 is 1. The van der Waals surface area contributed by atoms with E-state index in [0.29, 0.717) is 6.08 Å². The number of aryl methyl sites for hydroxylation is 1. The van der Waals surface area contributed by atoms with Gasteiger partial charge in [-0.05, 0) is 24.6 Å². The second kappa shape index (κ2) is 7.96. The molecule has 0 N–H and O–H groups in total. The van der Waals surface area contributed by atoms with Crippen molar-refractivity contribution in [3.8, 4) is 0 Å². The Kier molecular flexibility index (Phi) is 6.29. The molecule has 0 aliphatic rings. The van der Waals surface area contributed by atoms with Gasteiger partial charge >= 0.3 is 12.1 Å². The molecule has 0 unspecified atom stereocenters. The van der Waals surface area contributed by atoms with E-state index in [-0.39, 0.29) is 26.4 Å². The van der Waals surface area contributed by atoms with Gasteiger partial charge in [0.25, 0.3) is 0 Å². The van der Waals surface area contributed by atoms with E-state index in [9.17, 15) is 22.8 Å². The minimum atomic E-state index is -4.90. The van der Waals surface area contributed by atoms with Crippen molar-refractivity contribution < 1.29 is 31.9 Å². The van der Waals surface area contributed by atoms with Gasteiger partial charge in [0, 0.05) is 12.1 Å². The molecule has 1 heterocycles. The van der Waals surface area contributed by atoms with Crippen molar-refractivity contribution in [3.63, 3.8) is 0 Å². The maximum absolute atomic E-state index is 13.5. The number of rotatable bonds is 4. The summed E-state index contributed by atoms with van der Waals surface area (Å²) < 4.78 is 50.0. The van der Waals surface area contributed by atoms with Crippen LogP contribution < -0.4 is 0 Å². The Morgan fingerprint density at radius 3 is 2.15 bits per heavy atom. The van der Waals surface area contributed by atoms with E-state index < -0.39 is 34.8 Å². The summed E-state index contributed by atoms with van der Waals surface area (Å²) in [6.45, 7) is 1.37. The maximum Gasteiger partial charge on any atom is 0.417 e. The van der Waals surface area contributed by atoms with Crippen molar-refractivity contribution in [2.75, 3.05) is 7.11 Å². The zero-order chi connectivity index (χ0) is 20.5. The Labute approximate surface area is 166 Å². The van der Waals surface area contributed by atoms with E-state index in [1.165, 1.54) is 6.92 Å². The highest BCUT2D eigenvalue weighted by Crippen LogP contribution is 2.39. The van der Waals surface area contributed by atoms with Gasteiger partial charge in [0.1, 0.15) is 11.3 Å². The van der Waals surface area contributed by atoms with Crippen LogP contribution in [0.2, 0.25) is 15.1 Å². The number of hydrogen-bond donors (Lipinski definition) is 0. The van der Waals surface area contributed by atoms with Crippen LogP contribution in [-0.2, 0) is 4.74 Å². The maximum atomic E-state index is 13.5. The lowest BCUT2D eigenvalue weighted by molar-refractivity contribution is -0.0689. The van der Waals surface area contributed by atoms with Gasteiger partial charge in [0.2, 0.25) is 5.78 Å². The third-order valence-electron chi connectivity index (χ3n) is 3.44. The normalized spacial score (nSPS) is 12.2. The number of hydrogen-bond acceptors (Lipinski definition) is 4. The summed E-state index contributed by atoms with van der Waals surface area (Å²) in [4.78, 5) is 23.8. The van der Waals surface area contributed by atoms with E-state index in [1.54, 1.807) is 0 Å². The molecule has 2 rings (SSSR count). The third kappa shape index (κ3) is 4.66. The average molecular weight is 442 g/mol. The van der Waals surface area contributed by atoms with Gasteiger partial charge in [0.15, 0.2) is 5.76 Å². The molecule has 0 amide bonds. The quantitative estimate of drug-likeness (QED) is 0.247. The van der Waals surface area contributed by atoms with Crippen LogP contribution in [0.4, 0.5) is 13.2 Å². The monoisotopic (exact) mass is 440 g/mol. The summed E-state index contributed by atoms with van der Waals surface area (Å²) >= 11 is 17.3. The molecule has 0 aliphatic carbocycles. The Balaban J connectivity index is 2.54. The molecule has 0 atom stereocenters. The van der Waals surface area contributed by atoms with Crippen molar-refractivity contribution in [1.82, 2.24) is 0 Å². The summed E-state index contributed by atoms with van der Waals surface area (Å²) in [5.74, 6) is -2.32. The van der Waals surface area contributed by atoms with Crippen molar-refractivity contribution in [2.24, 2.45) is 0 Å². The van der Waals surface area contributed by atoms with Gasteiger partial charge in [-0.3, -0.25) is 4.79 Å². The number of benzene rings is 1. The van der Waals surface area contributed by atoms with Crippen molar-refractivity contribution in [2.45, 2.75) is 13.1 Å². The molecule has 0 saturated heterocycles. The average Bonchev–Trinajstić information content (AvgIpc) is 2.97. The van der Waals surface area contributed by atoms with Crippen LogP contribution >= 0.6 is 34.8 Å². The molecule has 144 valence electrons. The van der Waals surface area contributed by atoms with Crippen LogP contribution in [0.5, 0.6) is 0 Å². The molecule has 0 saturated carbocycles. The first-order valence-corrected chi connectivity index (χ1v) is 8.26. The van der Waals surface area contributed by atoms with Crippen LogP contribution in [0, 0.1) is 6.92 Å². The Morgan fingerprint density at radius 1 is 1.11 bits per heavy atom. The van der Waals surface area contributed by atoms with E-state index in [2.05, 4.69) is 4.74 Å². The van der Waals surface area contributed by atoms with Crippen LogP contribution in [0.3, 0.4) is 0 Å². The molecule has 0 radical (unpaired) electrons. The second-order valence-electron chi connectivity index (χ2n) is 5.25. The zero-order valence-electron chi connectivity index (χ0n) is 13.7. The minimum absolute atomic E-state index is 0.0322. The Morgan fingerprint density at radius 2 is 1.67 bits per heavy atom. The molecule has 2 aromatic rings. The number of halogens is 6. The van der Waals surface area contributed by atoms with Crippen LogP contribution in [0.15, 0.2) is 28.7 Å². The van der Waals surface area contributed by atoms with Gasteiger partial charge in [-0.25, -0.2) is 4.79 Å². The highest BCUT2D eigenvalue weighted by atomic mass is 35.5. The van der Waals surface area contributed by atoms with Gasteiger partial charge in [-0.1, -0.05) is 34.8 Å². The number of ketones is 1. The van der Waals surface area contributed by atoms with Crippen LogP contribution in [0.25, 0.3) is 5.57 Å². The number of carbonyl (C=O) groups is 2. The standard InChI is InChI=1S/C17H10Cl3F3O4/c1-7-9(16(25)26-2)5-14(27-7)13(24)6-10(17(21,22)23)8-3-11(18)15(20)12(19)4-8/h3-6H,1-2H3/b10-6+. The smallest absolute Gasteiger partial charge is 0.417 e. The molecule has 0 spiro atoms. The number of esters is 1. The largest absolute Gasteiger partial charge is 0.465 e. The zero-order valence-corrected chi connectivity index (χ0v) is 16.0. The predicted molar refractivity (Wildman–Crippen MR) is 94.6 cm³/mol. The number of ether oxygens (including phenoxy) is 1. The molecule has 27 heavy (non-hydrogen) atoms. The first kappa shape index (κ1) is 21.3. The molecule has 0 fully saturated rings. The summed E-state index contributed by atoms with van der Waals surface area (Å²) in [6.07, 6.45) is -4.57. The topological polar surface area (TPSA) is 56.5 Å². The minimum Gasteiger partial charge on any atom is -0.465 e. The number of furan rings is 1. The molecule has 0 aliphatic heterocycles. The van der Waals surface area contributed by atoms with Crippen molar-refractivity contribution >= 4 is 52.1 Å². The van der Waals surface area contributed by atoms with Gasteiger partial charge < -0.3 is 9.15 Å². The molecular weight excluding hydrogens is 432 g/mol. The van der Waals surface area contributed by atoms with Gasteiger partial charge in [-0.15, -0.1) is 0 Å². The molecule has 10 heteroatoms. The van der Waals surface area contributed by atoms with E-state index in [1.807, 2.05) is 0 Å². The van der Waals surface area contributed by atoms with E-state index in [4.69, 9.17) is 39.2 Å². The summed E-state index contributed by atoms with van der Waals surface area (Å²) in [7, 11) is 1.12. The lowest BCUT2D eigenvalue weighted by atomic mass is 10.0. The SMILES string of the molecule is COC(=O)c1cc(C(=O)/C=C(\c2cc(Cl)c(Cl)c(Cl)c2)C(F)(F)F)oc1C. The Hall–Kier alpha value is -1.96. The summed E-state index contributed by atoms with van der Waals surface area (Å²) in [5.41, 5.74) is -1.83. The highest BCUT2D eigenvalue weighted by molar-refractivity contribution is 6.48. The summed E-state index contributed by atoms with van der Waals surface area (Å²) in [6, 6.07) is 2.89. The fourth-order valence-corrected chi connectivity index (χ4v) is 2.75. The van der Waals surface area contributed by atoms with Gasteiger partial charge in [-0.2, -0.15) is 13.2 Å². The molecule has 4 nitrogen and oxygen atoms in total. The lowest BCUT2D eigenvalue weighted by Gasteiger charge is -2.13. The predicted octanol–water partition coefficient (Wildman–Crippen LogP) is 6.16. The van der Waals surface area contributed by atoms with Crippen molar-refractivity contribution in [1.29, 1.82) is 0 Å². The number of allylic oxidation sites excluding steroid dienone is 2. The fourth-order valence-electron chi connectivity index (χ4n) is 2.16. The Bertz CT molecular complexity index is 922. The van der Waals surface area contributed by atoms with Crippen LogP contribution in [-0.4, -0.2) is 25.0 Å². The first-order chi connectivity index (χ1) is 12.5. The van der Waals surface area contributed by atoms with Gasteiger partial charge in [0.05, 0.1) is 27.8 Å². The number of carbonyl (C=O) groups excluding carboxylic acids is 2.